The second-order valence-electron chi connectivity index (χ2n) is 10.6. The number of hydrogen-bond acceptors (Lipinski definition) is 1. The van der Waals surface area contributed by atoms with E-state index in [0.717, 1.165) is 0 Å². The first-order valence-corrected chi connectivity index (χ1v) is 14.6. The van der Waals surface area contributed by atoms with E-state index in [1.165, 1.54) is 12.1 Å². The first-order chi connectivity index (χ1) is 30.8. The number of aromatic nitrogens is 2. The number of benzene rings is 8. The molecule has 0 atom stereocenters. The normalized spacial score (nSPS) is 16.8. The average molecular weight is 617 g/mol. The highest BCUT2D eigenvalue weighted by atomic mass is 15.1. The summed E-state index contributed by atoms with van der Waals surface area (Å²) in [4.78, 5) is 4.70. The van der Waals surface area contributed by atoms with Crippen molar-refractivity contribution in [3.05, 3.63) is 182 Å². The summed E-state index contributed by atoms with van der Waals surface area (Å²) < 4.78 is 160. The molecular weight excluding hydrogens is 569 g/mol. The summed E-state index contributed by atoms with van der Waals surface area (Å²) in [7, 11) is 0. The van der Waals surface area contributed by atoms with Crippen molar-refractivity contribution in [2.75, 3.05) is 0 Å². The molecule has 0 aliphatic rings. The third-order valence-corrected chi connectivity index (χ3v) is 8.04. The maximum absolute atomic E-state index is 9.39. The highest BCUT2D eigenvalue weighted by Crippen LogP contribution is 2.46. The smallest absolute Gasteiger partial charge is 0.145 e. The van der Waals surface area contributed by atoms with Gasteiger partial charge in [0.1, 0.15) is 5.82 Å². The zero-order valence-electron chi connectivity index (χ0n) is 42.3. The number of fused-ring (bicyclic) bond motifs is 3. The van der Waals surface area contributed by atoms with E-state index in [2.05, 4.69) is 0 Å². The number of imidazole rings is 1. The van der Waals surface area contributed by atoms with Gasteiger partial charge in [-0.2, -0.15) is 0 Å². The van der Waals surface area contributed by atoms with Gasteiger partial charge >= 0.3 is 0 Å². The summed E-state index contributed by atoms with van der Waals surface area (Å²) in [6, 6.07) is 8.96. The zero-order valence-corrected chi connectivity index (χ0v) is 24.3. The van der Waals surface area contributed by atoms with Crippen molar-refractivity contribution in [3.8, 4) is 50.5 Å². The molecule has 220 valence electrons. The van der Waals surface area contributed by atoms with Crippen LogP contribution in [0.2, 0.25) is 0 Å². The summed E-state index contributed by atoms with van der Waals surface area (Å²) in [6.07, 6.45) is 0. The maximum atomic E-state index is 9.39. The predicted octanol–water partition coefficient (Wildman–Crippen LogP) is 12.0. The average Bonchev–Trinajstić information content (AvgIpc) is 3.69. The van der Waals surface area contributed by atoms with Crippen molar-refractivity contribution in [1.29, 1.82) is 0 Å². The minimum Gasteiger partial charge on any atom is -0.292 e. The molecule has 9 aromatic rings. The molecule has 9 rings (SSSR count). The van der Waals surface area contributed by atoms with Crippen molar-refractivity contribution in [1.82, 2.24) is 9.55 Å². The molecule has 2 heteroatoms. The summed E-state index contributed by atoms with van der Waals surface area (Å²) in [5, 5.41) is -0.562. The zero-order chi connectivity index (χ0) is 46.8. The Bertz CT molecular complexity index is 3440. The van der Waals surface area contributed by atoms with Gasteiger partial charge in [-0.25, -0.2) is 4.98 Å². The lowest BCUT2D eigenvalue weighted by Gasteiger charge is -2.20. The molecule has 1 aromatic heterocycles. The molecular formula is C45H30N2. The van der Waals surface area contributed by atoms with Crippen LogP contribution >= 0.6 is 0 Å². The summed E-state index contributed by atoms with van der Waals surface area (Å²) in [5.41, 5.74) is 1.28. The lowest BCUT2D eigenvalue weighted by atomic mass is 9.84. The fraction of sp³-hybridized carbons (Fsp3) is 0. The van der Waals surface area contributed by atoms with E-state index in [1.807, 2.05) is 0 Å². The van der Waals surface area contributed by atoms with Crippen molar-refractivity contribution in [3.63, 3.8) is 0 Å². The van der Waals surface area contributed by atoms with E-state index in [4.69, 9.17) is 24.2 Å². The molecule has 0 saturated heterocycles. The van der Waals surface area contributed by atoms with Crippen molar-refractivity contribution in [2.24, 2.45) is 0 Å². The van der Waals surface area contributed by atoms with Gasteiger partial charge in [0.15, 0.2) is 0 Å². The van der Waals surface area contributed by atoms with Crippen LogP contribution in [0.25, 0.3) is 83.0 Å². The largest absolute Gasteiger partial charge is 0.292 e. The van der Waals surface area contributed by atoms with E-state index >= 15 is 0 Å². The molecule has 47 heavy (non-hydrogen) atoms. The fourth-order valence-electron chi connectivity index (χ4n) is 6.08. The Morgan fingerprint density at radius 3 is 1.57 bits per heavy atom. The van der Waals surface area contributed by atoms with E-state index in [9.17, 15) is 5.48 Å². The first kappa shape index (κ1) is 14.5. The fourth-order valence-corrected chi connectivity index (χ4v) is 6.08. The Hall–Kier alpha value is -6.25. The SMILES string of the molecule is [2H]c1c([2H])c([2H])c(-c2ccccc2-c2c3c([2H])c([2H])c([2H])c([2H])c3c(-c3ccc(-n4c(-c5c([2H])c([2H])c([2H])c([2H])c5[2H])nc5ccccc54)cc3)c3c([2H])c([2H])c([2H])c([2H])c23)c([2H])c1[2H]. The summed E-state index contributed by atoms with van der Waals surface area (Å²) >= 11 is 0. The molecule has 0 bridgehead atoms. The second-order valence-corrected chi connectivity index (χ2v) is 10.6. The minimum atomic E-state index is -0.655. The van der Waals surface area contributed by atoms with Gasteiger partial charge in [-0.1, -0.05) is 157 Å². The quantitative estimate of drug-likeness (QED) is 0.176. The predicted molar refractivity (Wildman–Crippen MR) is 198 cm³/mol. The van der Waals surface area contributed by atoms with Crippen LogP contribution < -0.4 is 0 Å². The molecule has 0 unspecified atom stereocenters. The summed E-state index contributed by atoms with van der Waals surface area (Å²) in [6.45, 7) is 0. The first-order valence-electron chi connectivity index (χ1n) is 23.6. The molecule has 0 spiro atoms. The van der Waals surface area contributed by atoms with E-state index in [-0.39, 0.29) is 66.3 Å². The number of para-hydroxylation sites is 2. The van der Waals surface area contributed by atoms with Gasteiger partial charge < -0.3 is 0 Å². The standard InChI is InChI=1S/C45H30N2/c1-3-15-31(16-4-1)35-19-7-8-20-36(35)44-39-23-11-9-21-37(39)43(38-22-10-12-24-40(38)44)32-27-29-34(30-28-32)47-42-26-14-13-25-41(42)46-45(47)33-17-5-2-6-18-33/h1-30H/i1D,2D,3D,4D,5D,6D,9D,10D,11D,12D,15D,16D,17D,18D,21D,22D,23D,24D. The van der Waals surface area contributed by atoms with E-state index in [1.54, 1.807) is 65.2 Å². The van der Waals surface area contributed by atoms with Gasteiger partial charge in [-0.3, -0.25) is 4.57 Å². The van der Waals surface area contributed by atoms with Crippen LogP contribution in [0.1, 0.15) is 24.7 Å². The molecule has 0 radical (unpaired) electrons. The van der Waals surface area contributed by atoms with Crippen LogP contribution in [-0.4, -0.2) is 9.55 Å². The lowest BCUT2D eigenvalue weighted by molar-refractivity contribution is 1.10. The van der Waals surface area contributed by atoms with Crippen LogP contribution in [-0.2, 0) is 0 Å². The minimum absolute atomic E-state index is 0.0194. The molecule has 1 heterocycles. The van der Waals surface area contributed by atoms with Crippen molar-refractivity contribution < 1.29 is 24.7 Å². The van der Waals surface area contributed by atoms with Crippen LogP contribution in [0.5, 0.6) is 0 Å². The molecule has 0 amide bonds. The van der Waals surface area contributed by atoms with Crippen molar-refractivity contribution >= 4 is 32.6 Å². The summed E-state index contributed by atoms with van der Waals surface area (Å²) in [5.74, 6) is 0.0391. The maximum Gasteiger partial charge on any atom is 0.145 e. The number of nitrogens with zero attached hydrogens (tertiary/aromatic N) is 2. The molecule has 0 aliphatic heterocycles. The van der Waals surface area contributed by atoms with Crippen LogP contribution in [0.3, 0.4) is 0 Å². The Kier molecular flexibility index (Phi) is 3.47. The number of hydrogen-bond donors (Lipinski definition) is 0. The van der Waals surface area contributed by atoms with E-state index in [0.29, 0.717) is 16.7 Å². The van der Waals surface area contributed by atoms with Gasteiger partial charge in [0.25, 0.3) is 0 Å². The van der Waals surface area contributed by atoms with Crippen LogP contribution in [0.4, 0.5) is 0 Å². The number of rotatable bonds is 5. The Morgan fingerprint density at radius 2 is 0.936 bits per heavy atom. The molecule has 8 aromatic carbocycles. The second kappa shape index (κ2) is 11.3. The highest BCUT2D eigenvalue weighted by Gasteiger charge is 2.19. The Labute approximate surface area is 299 Å². The monoisotopic (exact) mass is 616 g/mol. The third-order valence-electron chi connectivity index (χ3n) is 8.04. The van der Waals surface area contributed by atoms with Crippen molar-refractivity contribution in [2.45, 2.75) is 0 Å². The van der Waals surface area contributed by atoms with Gasteiger partial charge in [-0.15, -0.1) is 0 Å². The topological polar surface area (TPSA) is 17.8 Å². The highest BCUT2D eigenvalue weighted by molar-refractivity contribution is 6.22. The van der Waals surface area contributed by atoms with Gasteiger partial charge in [0, 0.05) is 11.3 Å². The molecule has 0 N–H and O–H groups in total. The Morgan fingerprint density at radius 1 is 0.426 bits per heavy atom. The molecule has 2 nitrogen and oxygen atoms in total. The molecule has 0 aliphatic carbocycles. The molecule has 0 saturated carbocycles. The van der Waals surface area contributed by atoms with Crippen LogP contribution in [0, 0.1) is 0 Å². The van der Waals surface area contributed by atoms with Gasteiger partial charge in [-0.05, 0) is 79.2 Å². The Balaban J connectivity index is 1.41. The molecule has 0 fully saturated rings. The van der Waals surface area contributed by atoms with E-state index < -0.39 is 109 Å². The third kappa shape index (κ3) is 4.54. The van der Waals surface area contributed by atoms with Crippen LogP contribution in [0.15, 0.2) is 182 Å². The van der Waals surface area contributed by atoms with Gasteiger partial charge in [0.2, 0.25) is 0 Å². The van der Waals surface area contributed by atoms with Gasteiger partial charge in [0.05, 0.1) is 35.7 Å². The lowest BCUT2D eigenvalue weighted by Crippen LogP contribution is -1.98.